The predicted molar refractivity (Wildman–Crippen MR) is 114 cm³/mol. The first kappa shape index (κ1) is 20.6. The van der Waals surface area contributed by atoms with Crippen LogP contribution < -0.4 is 5.32 Å². The number of carbonyl (C=O) groups is 2. The van der Waals surface area contributed by atoms with Crippen molar-refractivity contribution in [2.45, 2.75) is 39.3 Å². The molecule has 0 saturated heterocycles. The molecule has 2 aromatic carbocycles. The smallest absolute Gasteiger partial charge is 0.407 e. The molecule has 0 spiro atoms. The molecule has 0 aliphatic carbocycles. The molecular weight excluding hydrogens is 364 g/mol. The van der Waals surface area contributed by atoms with Crippen LogP contribution in [0.5, 0.6) is 0 Å². The maximum Gasteiger partial charge on any atom is 0.407 e. The highest BCUT2D eigenvalue weighted by Gasteiger charge is 2.19. The van der Waals surface area contributed by atoms with Crippen LogP contribution in [0.15, 0.2) is 60.7 Å². The van der Waals surface area contributed by atoms with Gasteiger partial charge in [0, 0.05) is 25.2 Å². The van der Waals surface area contributed by atoms with Crippen molar-refractivity contribution in [2.24, 2.45) is 0 Å². The molecule has 152 valence electrons. The number of alkyl carbamates (subject to hydrolysis) is 1. The van der Waals surface area contributed by atoms with Crippen LogP contribution in [0.25, 0.3) is 5.57 Å². The number of nitrogens with zero attached hydrogens (tertiary/aromatic N) is 1. The molecule has 0 unspecified atom stereocenters. The molecule has 2 aromatic rings. The topological polar surface area (TPSA) is 58.6 Å². The summed E-state index contributed by atoms with van der Waals surface area (Å²) in [6.45, 7) is 7.16. The van der Waals surface area contributed by atoms with E-state index >= 15 is 0 Å². The highest BCUT2D eigenvalue weighted by molar-refractivity contribution is 5.94. The molecule has 29 heavy (non-hydrogen) atoms. The Labute approximate surface area is 172 Å². The maximum atomic E-state index is 12.8. The first-order valence-electron chi connectivity index (χ1n) is 9.91. The van der Waals surface area contributed by atoms with E-state index in [0.717, 1.165) is 12.0 Å². The summed E-state index contributed by atoms with van der Waals surface area (Å²) in [5.74, 6) is 0.0278. The fraction of sp³-hybridized carbons (Fsp3) is 0.333. The Balaban J connectivity index is 1.54. The zero-order valence-electron chi connectivity index (χ0n) is 17.3. The van der Waals surface area contributed by atoms with E-state index in [4.69, 9.17) is 4.74 Å². The Kier molecular flexibility index (Phi) is 6.37. The van der Waals surface area contributed by atoms with Crippen molar-refractivity contribution >= 4 is 17.6 Å². The van der Waals surface area contributed by atoms with Crippen LogP contribution in [-0.4, -0.2) is 35.6 Å². The number of ether oxygens (including phenoxy) is 1. The van der Waals surface area contributed by atoms with Crippen LogP contribution in [0.4, 0.5) is 4.79 Å². The lowest BCUT2D eigenvalue weighted by Crippen LogP contribution is -2.34. The summed E-state index contributed by atoms with van der Waals surface area (Å²) in [7, 11) is 0. The van der Waals surface area contributed by atoms with Crippen molar-refractivity contribution in [3.8, 4) is 0 Å². The normalized spacial score (nSPS) is 14.2. The third kappa shape index (κ3) is 5.95. The van der Waals surface area contributed by atoms with Crippen molar-refractivity contribution in [3.05, 3.63) is 77.4 Å². The van der Waals surface area contributed by atoms with Crippen LogP contribution in [0.3, 0.4) is 0 Å². The third-order valence-corrected chi connectivity index (χ3v) is 4.68. The molecule has 0 atom stereocenters. The standard InChI is InChI=1S/C24H28N2O3/c1-24(2,3)29-23(28)25-17-18-9-11-21(12-10-18)22(27)26-15-13-20(14-16-26)19-7-5-4-6-8-19/h4-13H,14-17H2,1-3H3,(H,25,28). The summed E-state index contributed by atoms with van der Waals surface area (Å²) in [4.78, 5) is 26.4. The second-order valence-corrected chi connectivity index (χ2v) is 8.15. The number of rotatable bonds is 4. The summed E-state index contributed by atoms with van der Waals surface area (Å²) >= 11 is 0. The van der Waals surface area contributed by atoms with Crippen molar-refractivity contribution in [3.63, 3.8) is 0 Å². The maximum absolute atomic E-state index is 12.8. The number of nitrogens with one attached hydrogen (secondary N) is 1. The zero-order chi connectivity index (χ0) is 20.9. The van der Waals surface area contributed by atoms with E-state index in [9.17, 15) is 9.59 Å². The van der Waals surface area contributed by atoms with Gasteiger partial charge in [-0.2, -0.15) is 0 Å². The highest BCUT2D eigenvalue weighted by Crippen LogP contribution is 2.23. The molecule has 1 aliphatic heterocycles. The summed E-state index contributed by atoms with van der Waals surface area (Å²) in [5, 5.41) is 2.72. The van der Waals surface area contributed by atoms with Gasteiger partial charge in [0.25, 0.3) is 5.91 Å². The van der Waals surface area contributed by atoms with Crippen LogP contribution in [0.1, 0.15) is 48.7 Å². The van der Waals surface area contributed by atoms with Gasteiger partial charge in [-0.15, -0.1) is 0 Å². The minimum atomic E-state index is -0.524. The van der Waals surface area contributed by atoms with E-state index in [1.54, 1.807) is 0 Å². The average Bonchev–Trinajstić information content (AvgIpc) is 2.72. The van der Waals surface area contributed by atoms with E-state index in [-0.39, 0.29) is 5.91 Å². The molecule has 5 nitrogen and oxygen atoms in total. The van der Waals surface area contributed by atoms with Gasteiger partial charge in [0.15, 0.2) is 0 Å². The molecule has 1 N–H and O–H groups in total. The third-order valence-electron chi connectivity index (χ3n) is 4.68. The fourth-order valence-corrected chi connectivity index (χ4v) is 3.20. The predicted octanol–water partition coefficient (Wildman–Crippen LogP) is 4.64. The Morgan fingerprint density at radius 1 is 1.03 bits per heavy atom. The highest BCUT2D eigenvalue weighted by atomic mass is 16.6. The van der Waals surface area contributed by atoms with Gasteiger partial charge in [-0.1, -0.05) is 48.5 Å². The molecule has 0 fully saturated rings. The van der Waals surface area contributed by atoms with Crippen molar-refractivity contribution < 1.29 is 14.3 Å². The average molecular weight is 392 g/mol. The van der Waals surface area contributed by atoms with Gasteiger partial charge in [0.2, 0.25) is 0 Å². The summed E-state index contributed by atoms with van der Waals surface area (Å²) in [5.41, 5.74) is 3.56. The number of amides is 2. The number of hydrogen-bond donors (Lipinski definition) is 1. The number of benzene rings is 2. The number of hydrogen-bond acceptors (Lipinski definition) is 3. The van der Waals surface area contributed by atoms with Gasteiger partial charge in [-0.05, 0) is 56.0 Å². The monoisotopic (exact) mass is 392 g/mol. The zero-order valence-corrected chi connectivity index (χ0v) is 17.3. The number of carbonyl (C=O) groups excluding carboxylic acids is 2. The van der Waals surface area contributed by atoms with E-state index < -0.39 is 11.7 Å². The second kappa shape index (κ2) is 8.95. The van der Waals surface area contributed by atoms with Crippen LogP contribution in [0.2, 0.25) is 0 Å². The Bertz CT molecular complexity index is 881. The molecule has 1 heterocycles. The van der Waals surface area contributed by atoms with Gasteiger partial charge in [0.05, 0.1) is 0 Å². The lowest BCUT2D eigenvalue weighted by atomic mass is 9.99. The van der Waals surface area contributed by atoms with Gasteiger partial charge < -0.3 is 15.0 Å². The second-order valence-electron chi connectivity index (χ2n) is 8.15. The molecular formula is C24H28N2O3. The first-order valence-corrected chi connectivity index (χ1v) is 9.91. The minimum Gasteiger partial charge on any atom is -0.444 e. The Morgan fingerprint density at radius 2 is 1.72 bits per heavy atom. The van der Waals surface area contributed by atoms with Gasteiger partial charge in [-0.25, -0.2) is 4.79 Å². The largest absolute Gasteiger partial charge is 0.444 e. The Hall–Kier alpha value is -3.08. The fourth-order valence-electron chi connectivity index (χ4n) is 3.20. The first-order chi connectivity index (χ1) is 13.8. The van der Waals surface area contributed by atoms with Crippen LogP contribution in [-0.2, 0) is 11.3 Å². The summed E-state index contributed by atoms with van der Waals surface area (Å²) in [6.07, 6.45) is 2.54. The summed E-state index contributed by atoms with van der Waals surface area (Å²) < 4.78 is 5.23. The molecule has 0 aromatic heterocycles. The minimum absolute atomic E-state index is 0.0278. The van der Waals surface area contributed by atoms with Crippen LogP contribution >= 0.6 is 0 Å². The molecule has 0 bridgehead atoms. The molecule has 0 radical (unpaired) electrons. The van der Waals surface area contributed by atoms with E-state index in [2.05, 4.69) is 23.5 Å². The molecule has 5 heteroatoms. The van der Waals surface area contributed by atoms with E-state index in [1.165, 1.54) is 11.1 Å². The molecule has 3 rings (SSSR count). The van der Waals surface area contributed by atoms with Crippen LogP contribution in [0, 0.1) is 0 Å². The van der Waals surface area contributed by atoms with Gasteiger partial charge in [0.1, 0.15) is 5.60 Å². The molecule has 1 aliphatic rings. The summed E-state index contributed by atoms with van der Waals surface area (Å²) in [6, 6.07) is 17.6. The van der Waals surface area contributed by atoms with Gasteiger partial charge >= 0.3 is 6.09 Å². The lowest BCUT2D eigenvalue weighted by molar-refractivity contribution is 0.0523. The van der Waals surface area contributed by atoms with Crippen molar-refractivity contribution in [1.82, 2.24) is 10.2 Å². The lowest BCUT2D eigenvalue weighted by Gasteiger charge is -2.27. The quantitative estimate of drug-likeness (QED) is 0.825. The van der Waals surface area contributed by atoms with Crippen molar-refractivity contribution in [1.29, 1.82) is 0 Å². The Morgan fingerprint density at radius 3 is 2.31 bits per heavy atom. The van der Waals surface area contributed by atoms with E-state index in [1.807, 2.05) is 68.1 Å². The van der Waals surface area contributed by atoms with Crippen molar-refractivity contribution in [2.75, 3.05) is 13.1 Å². The van der Waals surface area contributed by atoms with Gasteiger partial charge in [-0.3, -0.25) is 4.79 Å². The molecule has 2 amide bonds. The molecule has 0 saturated carbocycles. The SMILES string of the molecule is CC(C)(C)OC(=O)NCc1ccc(C(=O)N2CC=C(c3ccccc3)CC2)cc1. The van der Waals surface area contributed by atoms with E-state index in [0.29, 0.717) is 25.2 Å².